The zero-order chi connectivity index (χ0) is 13.1. The van der Waals surface area contributed by atoms with Crippen molar-refractivity contribution in [2.45, 2.75) is 12.5 Å². The SMILES string of the molecule is O=C1CC(CP(c2ccccc2)c2ccccc2)O1. The van der Waals surface area contributed by atoms with E-state index in [-0.39, 0.29) is 12.1 Å². The van der Waals surface area contributed by atoms with Crippen LogP contribution in [0.5, 0.6) is 0 Å². The molecule has 0 saturated carbocycles. The Bertz CT molecular complexity index is 506. The molecule has 1 aliphatic rings. The summed E-state index contributed by atoms with van der Waals surface area (Å²) in [6, 6.07) is 21.0. The maximum atomic E-state index is 10.9. The van der Waals surface area contributed by atoms with E-state index < -0.39 is 7.92 Å². The molecule has 0 radical (unpaired) electrons. The van der Waals surface area contributed by atoms with Gasteiger partial charge in [0.05, 0.1) is 6.42 Å². The highest BCUT2D eigenvalue weighted by molar-refractivity contribution is 7.73. The standard InChI is InChI=1S/C16H15O2P/c17-16-11-13(18-16)12-19(14-7-3-1-4-8-14)15-9-5-2-6-10-15/h1-10,13H,11-12H2. The Morgan fingerprint density at radius 2 is 1.42 bits per heavy atom. The first-order valence-electron chi connectivity index (χ1n) is 6.40. The molecule has 0 spiro atoms. The number of rotatable bonds is 4. The monoisotopic (exact) mass is 270 g/mol. The molecule has 2 aromatic rings. The molecule has 0 aromatic heterocycles. The van der Waals surface area contributed by atoms with Crippen LogP contribution in [0, 0.1) is 0 Å². The summed E-state index contributed by atoms with van der Waals surface area (Å²) < 4.78 is 5.19. The first kappa shape index (κ1) is 12.4. The predicted octanol–water partition coefficient (Wildman–Crippen LogP) is 2.43. The van der Waals surface area contributed by atoms with Crippen molar-refractivity contribution in [2.75, 3.05) is 6.16 Å². The first-order chi connectivity index (χ1) is 9.33. The predicted molar refractivity (Wildman–Crippen MR) is 78.4 cm³/mol. The summed E-state index contributed by atoms with van der Waals surface area (Å²) in [7, 11) is -0.441. The molecular weight excluding hydrogens is 255 g/mol. The summed E-state index contributed by atoms with van der Waals surface area (Å²) in [6.45, 7) is 0. The minimum Gasteiger partial charge on any atom is -0.461 e. The van der Waals surface area contributed by atoms with Gasteiger partial charge in [-0.1, -0.05) is 60.7 Å². The Morgan fingerprint density at radius 3 is 1.84 bits per heavy atom. The number of cyclic esters (lactones) is 1. The van der Waals surface area contributed by atoms with E-state index in [1.165, 1.54) is 10.6 Å². The number of hydrogen-bond acceptors (Lipinski definition) is 2. The average molecular weight is 270 g/mol. The quantitative estimate of drug-likeness (QED) is 0.630. The van der Waals surface area contributed by atoms with E-state index in [9.17, 15) is 4.79 Å². The Balaban J connectivity index is 1.85. The number of ether oxygens (including phenoxy) is 1. The fraction of sp³-hybridized carbons (Fsp3) is 0.188. The Morgan fingerprint density at radius 1 is 0.947 bits per heavy atom. The van der Waals surface area contributed by atoms with Crippen molar-refractivity contribution in [1.29, 1.82) is 0 Å². The summed E-state index contributed by atoms with van der Waals surface area (Å²) >= 11 is 0. The lowest BCUT2D eigenvalue weighted by molar-refractivity contribution is -0.166. The Kier molecular flexibility index (Phi) is 3.61. The first-order valence-corrected chi connectivity index (χ1v) is 7.93. The van der Waals surface area contributed by atoms with Gasteiger partial charge in [0, 0.05) is 6.16 Å². The normalized spacial score (nSPS) is 17.9. The third-order valence-electron chi connectivity index (χ3n) is 3.21. The van der Waals surface area contributed by atoms with E-state index in [2.05, 4.69) is 48.5 Å². The van der Waals surface area contributed by atoms with Crippen LogP contribution in [-0.4, -0.2) is 18.2 Å². The second kappa shape index (κ2) is 5.54. The molecule has 0 amide bonds. The molecule has 0 aliphatic carbocycles. The summed E-state index contributed by atoms with van der Waals surface area (Å²) in [5, 5.41) is 2.68. The molecule has 19 heavy (non-hydrogen) atoms. The molecule has 1 saturated heterocycles. The van der Waals surface area contributed by atoms with Gasteiger partial charge in [-0.3, -0.25) is 4.79 Å². The molecule has 1 heterocycles. The van der Waals surface area contributed by atoms with Gasteiger partial charge in [-0.2, -0.15) is 0 Å². The largest absolute Gasteiger partial charge is 0.461 e. The van der Waals surface area contributed by atoms with Crippen LogP contribution in [-0.2, 0) is 9.53 Å². The van der Waals surface area contributed by atoms with Crippen molar-refractivity contribution in [2.24, 2.45) is 0 Å². The lowest BCUT2D eigenvalue weighted by Gasteiger charge is -2.30. The van der Waals surface area contributed by atoms with E-state index in [1.54, 1.807) is 0 Å². The molecule has 96 valence electrons. The highest BCUT2D eigenvalue weighted by atomic mass is 31.1. The smallest absolute Gasteiger partial charge is 0.309 e. The fourth-order valence-corrected chi connectivity index (χ4v) is 4.64. The van der Waals surface area contributed by atoms with Gasteiger partial charge < -0.3 is 4.74 Å². The number of carbonyl (C=O) groups is 1. The molecule has 3 rings (SSSR count). The molecule has 1 atom stereocenters. The van der Waals surface area contributed by atoms with Crippen LogP contribution in [0.3, 0.4) is 0 Å². The molecule has 0 bridgehead atoms. The van der Waals surface area contributed by atoms with Crippen molar-refractivity contribution in [3.05, 3.63) is 60.7 Å². The van der Waals surface area contributed by atoms with E-state index in [0.29, 0.717) is 6.42 Å². The van der Waals surface area contributed by atoms with Crippen LogP contribution in [0.15, 0.2) is 60.7 Å². The maximum absolute atomic E-state index is 10.9. The van der Waals surface area contributed by atoms with E-state index in [4.69, 9.17) is 4.74 Å². The van der Waals surface area contributed by atoms with Crippen LogP contribution in [0.25, 0.3) is 0 Å². The summed E-state index contributed by atoms with van der Waals surface area (Å²) in [6.07, 6.45) is 1.59. The van der Waals surface area contributed by atoms with E-state index in [1.807, 2.05) is 12.1 Å². The second-order valence-electron chi connectivity index (χ2n) is 4.60. The van der Waals surface area contributed by atoms with Crippen molar-refractivity contribution < 1.29 is 9.53 Å². The molecule has 1 fully saturated rings. The third kappa shape index (κ3) is 2.85. The molecule has 2 aromatic carbocycles. The van der Waals surface area contributed by atoms with E-state index in [0.717, 1.165) is 6.16 Å². The van der Waals surface area contributed by atoms with Crippen molar-refractivity contribution in [3.63, 3.8) is 0 Å². The molecule has 3 heteroatoms. The van der Waals surface area contributed by atoms with Gasteiger partial charge in [0.15, 0.2) is 0 Å². The van der Waals surface area contributed by atoms with Gasteiger partial charge in [0.1, 0.15) is 6.10 Å². The van der Waals surface area contributed by atoms with Crippen LogP contribution in [0.4, 0.5) is 0 Å². The lowest BCUT2D eigenvalue weighted by atomic mass is 10.2. The fourth-order valence-electron chi connectivity index (χ4n) is 2.24. The number of carbonyl (C=O) groups excluding carboxylic acids is 1. The van der Waals surface area contributed by atoms with E-state index >= 15 is 0 Å². The molecule has 0 N–H and O–H groups in total. The van der Waals surface area contributed by atoms with Gasteiger partial charge in [-0.05, 0) is 18.5 Å². The summed E-state index contributed by atoms with van der Waals surface area (Å²) in [4.78, 5) is 10.9. The summed E-state index contributed by atoms with van der Waals surface area (Å²) in [5.41, 5.74) is 0. The number of esters is 1. The molecular formula is C16H15O2P. The minimum absolute atomic E-state index is 0.0685. The molecule has 2 nitrogen and oxygen atoms in total. The van der Waals surface area contributed by atoms with Crippen molar-refractivity contribution in [3.8, 4) is 0 Å². The minimum atomic E-state index is -0.441. The van der Waals surface area contributed by atoms with Gasteiger partial charge in [-0.15, -0.1) is 0 Å². The van der Waals surface area contributed by atoms with Crippen LogP contribution in [0.2, 0.25) is 0 Å². The third-order valence-corrected chi connectivity index (χ3v) is 5.83. The van der Waals surface area contributed by atoms with Crippen molar-refractivity contribution >= 4 is 24.5 Å². The zero-order valence-electron chi connectivity index (χ0n) is 10.5. The second-order valence-corrected chi connectivity index (χ2v) is 6.85. The average Bonchev–Trinajstić information content (AvgIpc) is 2.44. The van der Waals surface area contributed by atoms with Crippen LogP contribution in [0.1, 0.15) is 6.42 Å². The van der Waals surface area contributed by atoms with Gasteiger partial charge in [-0.25, -0.2) is 0 Å². The Hall–Kier alpha value is -1.66. The number of benzene rings is 2. The topological polar surface area (TPSA) is 26.3 Å². The highest BCUT2D eigenvalue weighted by Gasteiger charge is 2.31. The number of hydrogen-bond donors (Lipinski definition) is 0. The summed E-state index contributed by atoms with van der Waals surface area (Å²) in [5.74, 6) is -0.0685. The van der Waals surface area contributed by atoms with Gasteiger partial charge in [0.2, 0.25) is 0 Å². The van der Waals surface area contributed by atoms with Crippen LogP contribution < -0.4 is 10.6 Å². The van der Waals surface area contributed by atoms with Crippen LogP contribution >= 0.6 is 7.92 Å². The molecule has 1 unspecified atom stereocenters. The highest BCUT2D eigenvalue weighted by Crippen LogP contribution is 2.37. The van der Waals surface area contributed by atoms with Gasteiger partial charge >= 0.3 is 5.97 Å². The Labute approximate surface area is 114 Å². The lowest BCUT2D eigenvalue weighted by Crippen LogP contribution is -2.37. The van der Waals surface area contributed by atoms with Gasteiger partial charge in [0.25, 0.3) is 0 Å². The maximum Gasteiger partial charge on any atom is 0.309 e. The zero-order valence-corrected chi connectivity index (χ0v) is 11.4. The van der Waals surface area contributed by atoms with Crippen molar-refractivity contribution in [1.82, 2.24) is 0 Å². The molecule has 1 aliphatic heterocycles.